The van der Waals surface area contributed by atoms with Gasteiger partial charge in [-0.15, -0.1) is 0 Å². The van der Waals surface area contributed by atoms with Crippen LogP contribution in [-0.4, -0.2) is 5.97 Å². The number of carbonyl (C=O) groups excluding carboxylic acids is 1. The summed E-state index contributed by atoms with van der Waals surface area (Å²) in [6.45, 7) is 0. The first-order valence-electron chi connectivity index (χ1n) is 8.03. The lowest BCUT2D eigenvalue weighted by molar-refractivity contribution is -0.133. The smallest absolute Gasteiger partial charge is 0.315 e. The van der Waals surface area contributed by atoms with Crippen LogP contribution in [0.2, 0.25) is 0 Å². The van der Waals surface area contributed by atoms with E-state index >= 15 is 0 Å². The Morgan fingerprint density at radius 2 is 1.92 bits per heavy atom. The zero-order valence-electron chi connectivity index (χ0n) is 13.7. The molecule has 26 heavy (non-hydrogen) atoms. The normalized spacial score (nSPS) is 10.8. The Labute approximate surface area is 153 Å². The summed E-state index contributed by atoms with van der Waals surface area (Å²) in [7, 11) is 0. The second-order valence-electron chi connectivity index (χ2n) is 5.78. The fourth-order valence-electron chi connectivity index (χ4n) is 2.72. The maximum Gasteiger partial charge on any atom is 0.315 e. The maximum absolute atomic E-state index is 12.7. The van der Waals surface area contributed by atoms with E-state index in [1.165, 1.54) is 17.6 Å². The first kappa shape index (κ1) is 16.3. The van der Waals surface area contributed by atoms with Crippen LogP contribution in [0.15, 0.2) is 80.8 Å². The Bertz CT molecular complexity index is 1110. The third-order valence-electron chi connectivity index (χ3n) is 3.99. The van der Waals surface area contributed by atoms with Gasteiger partial charge in [-0.05, 0) is 40.1 Å². The predicted molar refractivity (Wildman–Crippen MR) is 102 cm³/mol. The minimum Gasteiger partial charge on any atom is -0.463 e. The van der Waals surface area contributed by atoms with E-state index in [2.05, 4.69) is 0 Å². The second-order valence-corrected chi connectivity index (χ2v) is 6.56. The summed E-state index contributed by atoms with van der Waals surface area (Å²) in [6, 6.07) is 16.0. The molecule has 0 amide bonds. The molecule has 0 aliphatic heterocycles. The highest BCUT2D eigenvalue weighted by Crippen LogP contribution is 2.23. The summed E-state index contributed by atoms with van der Waals surface area (Å²) in [5.41, 5.74) is 2.48. The molecule has 0 fully saturated rings. The molecule has 0 aliphatic carbocycles. The molecule has 0 N–H and O–H groups in total. The summed E-state index contributed by atoms with van der Waals surface area (Å²) in [5.74, 6) is -0.000608. The van der Waals surface area contributed by atoms with Crippen molar-refractivity contribution in [2.45, 2.75) is 6.42 Å². The predicted octanol–water partition coefficient (Wildman–Crippen LogP) is 4.67. The lowest BCUT2D eigenvalue weighted by Crippen LogP contribution is -2.11. The van der Waals surface area contributed by atoms with E-state index in [0.717, 1.165) is 11.1 Å². The summed E-state index contributed by atoms with van der Waals surface area (Å²) < 4.78 is 11.0. The lowest BCUT2D eigenvalue weighted by atomic mass is 10.1. The minimum atomic E-state index is -0.356. The van der Waals surface area contributed by atoms with Crippen molar-refractivity contribution in [2.24, 2.45) is 0 Å². The molecule has 0 saturated heterocycles. The molecular formula is C21H14O4S. The van der Waals surface area contributed by atoms with Crippen LogP contribution in [0.5, 0.6) is 5.75 Å². The Hall–Kier alpha value is -3.18. The van der Waals surface area contributed by atoms with Crippen molar-refractivity contribution in [3.63, 3.8) is 0 Å². The van der Waals surface area contributed by atoms with E-state index in [1.54, 1.807) is 18.2 Å². The second kappa shape index (κ2) is 6.98. The summed E-state index contributed by atoms with van der Waals surface area (Å²) in [4.78, 5) is 24.7. The van der Waals surface area contributed by atoms with Gasteiger partial charge in [0.1, 0.15) is 17.6 Å². The molecule has 128 valence electrons. The number of hydrogen-bond acceptors (Lipinski definition) is 5. The van der Waals surface area contributed by atoms with Gasteiger partial charge < -0.3 is 9.15 Å². The van der Waals surface area contributed by atoms with Crippen molar-refractivity contribution < 1.29 is 13.9 Å². The Balaban J connectivity index is 1.62. The number of hydrogen-bond donors (Lipinski definition) is 0. The standard InChI is InChI=1S/C21H14O4S/c22-20(10-14-8-9-26-13-14)25-16-6-7-17-19(11-16)24-12-18(21(17)23)15-4-2-1-3-5-15/h1-9,11-13H,10H2. The van der Waals surface area contributed by atoms with Crippen LogP contribution < -0.4 is 10.2 Å². The first-order valence-corrected chi connectivity index (χ1v) is 8.98. The number of esters is 1. The quantitative estimate of drug-likeness (QED) is 0.391. The maximum atomic E-state index is 12.7. The third kappa shape index (κ3) is 3.30. The van der Waals surface area contributed by atoms with Gasteiger partial charge in [-0.1, -0.05) is 30.3 Å². The molecule has 0 radical (unpaired) electrons. The Morgan fingerprint density at radius 1 is 1.08 bits per heavy atom. The van der Waals surface area contributed by atoms with Gasteiger partial charge in [-0.3, -0.25) is 9.59 Å². The van der Waals surface area contributed by atoms with Gasteiger partial charge in [-0.2, -0.15) is 11.3 Å². The number of benzene rings is 2. The van der Waals surface area contributed by atoms with Crippen LogP contribution in [0.25, 0.3) is 22.1 Å². The molecule has 4 nitrogen and oxygen atoms in total. The number of fused-ring (bicyclic) bond motifs is 1. The van der Waals surface area contributed by atoms with Crippen molar-refractivity contribution in [1.29, 1.82) is 0 Å². The van der Waals surface area contributed by atoms with E-state index in [-0.39, 0.29) is 17.8 Å². The highest BCUT2D eigenvalue weighted by Gasteiger charge is 2.12. The number of ether oxygens (including phenoxy) is 1. The van der Waals surface area contributed by atoms with E-state index in [9.17, 15) is 9.59 Å². The summed E-state index contributed by atoms with van der Waals surface area (Å²) in [6.07, 6.45) is 1.65. The molecule has 0 saturated carbocycles. The van der Waals surface area contributed by atoms with Gasteiger partial charge in [-0.25, -0.2) is 0 Å². The van der Waals surface area contributed by atoms with Gasteiger partial charge in [0.25, 0.3) is 0 Å². The fourth-order valence-corrected chi connectivity index (χ4v) is 3.39. The zero-order valence-corrected chi connectivity index (χ0v) is 14.5. The average Bonchev–Trinajstić information content (AvgIpc) is 3.15. The van der Waals surface area contributed by atoms with Gasteiger partial charge >= 0.3 is 5.97 Å². The molecule has 2 aromatic carbocycles. The molecule has 0 spiro atoms. The summed E-state index contributed by atoms with van der Waals surface area (Å²) in [5, 5.41) is 4.27. The lowest BCUT2D eigenvalue weighted by Gasteiger charge is -2.06. The van der Waals surface area contributed by atoms with Crippen LogP contribution in [0, 0.1) is 0 Å². The Kier molecular flexibility index (Phi) is 4.37. The molecule has 0 aliphatic rings. The Morgan fingerprint density at radius 3 is 2.69 bits per heavy atom. The van der Waals surface area contributed by atoms with Gasteiger partial charge in [0.2, 0.25) is 0 Å². The number of carbonyl (C=O) groups is 1. The monoisotopic (exact) mass is 362 g/mol. The topological polar surface area (TPSA) is 56.5 Å². The SMILES string of the molecule is O=C(Cc1ccsc1)Oc1ccc2c(=O)c(-c3ccccc3)coc2c1. The largest absolute Gasteiger partial charge is 0.463 e. The van der Waals surface area contributed by atoms with Crippen LogP contribution in [0.1, 0.15) is 5.56 Å². The molecule has 0 atom stereocenters. The molecule has 4 rings (SSSR count). The average molecular weight is 362 g/mol. The highest BCUT2D eigenvalue weighted by molar-refractivity contribution is 7.08. The molecular weight excluding hydrogens is 348 g/mol. The summed E-state index contributed by atoms with van der Waals surface area (Å²) >= 11 is 1.53. The van der Waals surface area contributed by atoms with E-state index in [0.29, 0.717) is 22.3 Å². The molecule has 5 heteroatoms. The van der Waals surface area contributed by atoms with Crippen molar-refractivity contribution >= 4 is 28.3 Å². The van der Waals surface area contributed by atoms with Crippen LogP contribution in [0.3, 0.4) is 0 Å². The number of thiophene rings is 1. The van der Waals surface area contributed by atoms with Crippen molar-refractivity contribution in [3.8, 4) is 16.9 Å². The molecule has 0 bridgehead atoms. The van der Waals surface area contributed by atoms with E-state index < -0.39 is 0 Å². The van der Waals surface area contributed by atoms with Crippen LogP contribution in [0.4, 0.5) is 0 Å². The van der Waals surface area contributed by atoms with E-state index in [1.807, 2.05) is 47.2 Å². The van der Waals surface area contributed by atoms with Gasteiger partial charge in [0.05, 0.1) is 17.4 Å². The van der Waals surface area contributed by atoms with E-state index in [4.69, 9.17) is 9.15 Å². The van der Waals surface area contributed by atoms with Gasteiger partial charge in [0.15, 0.2) is 5.43 Å². The van der Waals surface area contributed by atoms with Crippen molar-refractivity contribution in [1.82, 2.24) is 0 Å². The van der Waals surface area contributed by atoms with Crippen molar-refractivity contribution in [3.05, 3.63) is 87.4 Å². The molecule has 0 unspecified atom stereocenters. The minimum absolute atomic E-state index is 0.117. The van der Waals surface area contributed by atoms with Crippen LogP contribution in [-0.2, 0) is 11.2 Å². The fraction of sp³-hybridized carbons (Fsp3) is 0.0476. The number of rotatable bonds is 4. The highest BCUT2D eigenvalue weighted by atomic mass is 32.1. The van der Waals surface area contributed by atoms with Crippen LogP contribution >= 0.6 is 11.3 Å². The van der Waals surface area contributed by atoms with Crippen molar-refractivity contribution in [2.75, 3.05) is 0 Å². The zero-order chi connectivity index (χ0) is 17.9. The molecule has 2 aromatic heterocycles. The molecule has 2 heterocycles. The van der Waals surface area contributed by atoms with Gasteiger partial charge in [0, 0.05) is 6.07 Å². The molecule has 4 aromatic rings. The first-order chi connectivity index (χ1) is 12.7. The third-order valence-corrected chi connectivity index (χ3v) is 4.72.